The van der Waals surface area contributed by atoms with Crippen molar-refractivity contribution in [3.05, 3.63) is 46.3 Å². The van der Waals surface area contributed by atoms with E-state index < -0.39 is 11.9 Å². The van der Waals surface area contributed by atoms with Crippen LogP contribution in [0.3, 0.4) is 0 Å². The Bertz CT molecular complexity index is 945. The molecule has 158 valence electrons. The van der Waals surface area contributed by atoms with Gasteiger partial charge in [0.15, 0.2) is 11.6 Å². The minimum atomic E-state index is -0.981. The zero-order valence-corrected chi connectivity index (χ0v) is 17.2. The smallest absolute Gasteiger partial charge is 0.323 e. The lowest BCUT2D eigenvalue weighted by molar-refractivity contribution is -0.138. The van der Waals surface area contributed by atoms with Crippen molar-refractivity contribution in [2.24, 2.45) is 0 Å². The zero-order valence-electron chi connectivity index (χ0n) is 17.2. The average molecular weight is 411 g/mol. The molecule has 0 bridgehead atoms. The lowest BCUT2D eigenvalue weighted by atomic mass is 9.70. The number of carboxylic acids is 1. The second-order valence-corrected chi connectivity index (χ2v) is 7.79. The third-order valence-electron chi connectivity index (χ3n) is 6.13. The number of allylic oxidation sites excluding steroid dienone is 4. The largest absolute Gasteiger partial charge is 0.497 e. The maximum atomic E-state index is 13.1. The Balaban J connectivity index is 1.98. The lowest BCUT2D eigenvalue weighted by Crippen LogP contribution is -2.41. The summed E-state index contributed by atoms with van der Waals surface area (Å²) in [5, 5.41) is 9.51. The van der Waals surface area contributed by atoms with Crippen LogP contribution in [0.1, 0.15) is 50.0 Å². The van der Waals surface area contributed by atoms with Crippen LogP contribution < -0.4 is 9.47 Å². The van der Waals surface area contributed by atoms with E-state index in [-0.39, 0.29) is 18.1 Å². The fourth-order valence-electron chi connectivity index (χ4n) is 4.91. The molecule has 1 heterocycles. The van der Waals surface area contributed by atoms with Crippen LogP contribution in [-0.2, 0) is 14.4 Å². The van der Waals surface area contributed by atoms with Crippen molar-refractivity contribution in [3.63, 3.8) is 0 Å². The maximum Gasteiger partial charge on any atom is 0.323 e. The molecule has 1 aromatic carbocycles. The zero-order chi connectivity index (χ0) is 21.4. The summed E-state index contributed by atoms with van der Waals surface area (Å²) in [6, 6.07) is 5.39. The number of hydrogen-bond acceptors (Lipinski definition) is 6. The van der Waals surface area contributed by atoms with Gasteiger partial charge in [-0.05, 0) is 31.7 Å². The van der Waals surface area contributed by atoms with Gasteiger partial charge in [-0.1, -0.05) is 6.07 Å². The number of methoxy groups -OCH3 is 2. The summed E-state index contributed by atoms with van der Waals surface area (Å²) in [5.74, 6) is -0.417. The highest BCUT2D eigenvalue weighted by Gasteiger charge is 2.44. The second-order valence-electron chi connectivity index (χ2n) is 7.79. The van der Waals surface area contributed by atoms with Gasteiger partial charge in [-0.25, -0.2) is 0 Å². The van der Waals surface area contributed by atoms with Gasteiger partial charge in [0.1, 0.15) is 18.0 Å². The van der Waals surface area contributed by atoms with Gasteiger partial charge in [0.2, 0.25) is 0 Å². The van der Waals surface area contributed by atoms with Gasteiger partial charge in [-0.3, -0.25) is 14.4 Å². The monoisotopic (exact) mass is 411 g/mol. The first kappa shape index (κ1) is 20.2. The van der Waals surface area contributed by atoms with Crippen LogP contribution >= 0.6 is 0 Å². The summed E-state index contributed by atoms with van der Waals surface area (Å²) in [6.07, 6.45) is 3.38. The maximum absolute atomic E-state index is 13.1. The van der Waals surface area contributed by atoms with E-state index in [0.29, 0.717) is 61.2 Å². The summed E-state index contributed by atoms with van der Waals surface area (Å²) in [6.45, 7) is -0.245. The summed E-state index contributed by atoms with van der Waals surface area (Å²) in [5.41, 5.74) is 3.30. The molecule has 0 saturated carbocycles. The number of hydrogen-bond donors (Lipinski definition) is 1. The van der Waals surface area contributed by atoms with Crippen LogP contribution in [0.5, 0.6) is 11.5 Å². The number of carbonyl (C=O) groups is 3. The fourth-order valence-corrected chi connectivity index (χ4v) is 4.91. The van der Waals surface area contributed by atoms with Crippen molar-refractivity contribution in [2.45, 2.75) is 44.4 Å². The molecule has 0 radical (unpaired) electrons. The Labute approximate surface area is 175 Å². The molecule has 0 atom stereocenters. The Morgan fingerprint density at radius 3 is 2.10 bits per heavy atom. The number of aliphatic carboxylic acids is 1. The molecule has 4 rings (SSSR count). The highest BCUT2D eigenvalue weighted by atomic mass is 16.5. The predicted octanol–water partition coefficient (Wildman–Crippen LogP) is 3.20. The van der Waals surface area contributed by atoms with E-state index in [1.165, 1.54) is 0 Å². The van der Waals surface area contributed by atoms with Crippen molar-refractivity contribution < 1.29 is 29.0 Å². The van der Waals surface area contributed by atoms with E-state index in [2.05, 4.69) is 0 Å². The predicted molar refractivity (Wildman–Crippen MR) is 108 cm³/mol. The van der Waals surface area contributed by atoms with Crippen LogP contribution in [0.2, 0.25) is 0 Å². The first-order chi connectivity index (χ1) is 14.5. The molecular weight excluding hydrogens is 386 g/mol. The van der Waals surface area contributed by atoms with Gasteiger partial charge in [-0.15, -0.1) is 0 Å². The first-order valence-corrected chi connectivity index (χ1v) is 10.2. The third-order valence-corrected chi connectivity index (χ3v) is 6.13. The van der Waals surface area contributed by atoms with E-state index in [9.17, 15) is 19.5 Å². The molecule has 1 aliphatic heterocycles. The molecule has 30 heavy (non-hydrogen) atoms. The molecule has 1 N–H and O–H groups in total. The fraction of sp³-hybridized carbons (Fsp3) is 0.435. The Morgan fingerprint density at radius 2 is 1.60 bits per heavy atom. The molecule has 7 heteroatoms. The minimum Gasteiger partial charge on any atom is -0.497 e. The van der Waals surface area contributed by atoms with Gasteiger partial charge in [0.05, 0.1) is 14.2 Å². The van der Waals surface area contributed by atoms with E-state index in [1.807, 2.05) is 6.07 Å². The molecule has 0 spiro atoms. The molecule has 0 fully saturated rings. The average Bonchev–Trinajstić information content (AvgIpc) is 2.74. The summed E-state index contributed by atoms with van der Waals surface area (Å²) in [7, 11) is 3.11. The van der Waals surface area contributed by atoms with Gasteiger partial charge in [-0.2, -0.15) is 0 Å². The highest BCUT2D eigenvalue weighted by molar-refractivity contribution is 6.06. The topological polar surface area (TPSA) is 93.1 Å². The number of nitrogens with zero attached hydrogens (tertiary/aromatic N) is 1. The SMILES string of the molecule is COc1ccc(C2C3=C(CCCC3=O)N(CC(=O)O)C3=C2C(=O)CCC3)c(OC)c1. The van der Waals surface area contributed by atoms with Crippen molar-refractivity contribution in [3.8, 4) is 11.5 Å². The van der Waals surface area contributed by atoms with Crippen LogP contribution in [0.4, 0.5) is 0 Å². The van der Waals surface area contributed by atoms with E-state index in [1.54, 1.807) is 31.3 Å². The quantitative estimate of drug-likeness (QED) is 0.795. The van der Waals surface area contributed by atoms with Crippen LogP contribution in [-0.4, -0.2) is 48.3 Å². The molecule has 0 saturated heterocycles. The Kier molecular flexibility index (Phi) is 5.37. The van der Waals surface area contributed by atoms with Gasteiger partial charge in [0, 0.05) is 52.9 Å². The minimum absolute atomic E-state index is 0.0283. The molecule has 0 aromatic heterocycles. The van der Waals surface area contributed by atoms with Crippen molar-refractivity contribution >= 4 is 17.5 Å². The molecular formula is C23H25NO6. The van der Waals surface area contributed by atoms with Crippen LogP contribution in [0.15, 0.2) is 40.7 Å². The molecule has 3 aliphatic rings. The number of rotatable bonds is 5. The summed E-state index contributed by atoms with van der Waals surface area (Å²) in [4.78, 5) is 39.6. The van der Waals surface area contributed by atoms with Crippen LogP contribution in [0, 0.1) is 0 Å². The van der Waals surface area contributed by atoms with Gasteiger partial charge >= 0.3 is 5.97 Å². The third kappa shape index (κ3) is 3.28. The van der Waals surface area contributed by atoms with E-state index in [0.717, 1.165) is 17.0 Å². The number of ether oxygens (including phenoxy) is 2. The van der Waals surface area contributed by atoms with Gasteiger partial charge in [0.25, 0.3) is 0 Å². The van der Waals surface area contributed by atoms with Crippen molar-refractivity contribution in [2.75, 3.05) is 20.8 Å². The Morgan fingerprint density at radius 1 is 1.00 bits per heavy atom. The van der Waals surface area contributed by atoms with Gasteiger partial charge < -0.3 is 19.5 Å². The molecule has 2 aliphatic carbocycles. The number of carboxylic acid groups (broad SMARTS) is 1. The highest BCUT2D eigenvalue weighted by Crippen LogP contribution is 2.51. The van der Waals surface area contributed by atoms with Crippen molar-refractivity contribution in [1.29, 1.82) is 0 Å². The van der Waals surface area contributed by atoms with Crippen molar-refractivity contribution in [1.82, 2.24) is 4.90 Å². The number of Topliss-reactive ketones (excluding diaryl/α,β-unsaturated/α-hetero) is 2. The standard InChI is InChI=1S/C23H25NO6/c1-29-13-9-10-14(19(11-13)30-2)21-22-15(5-3-7-17(22)25)24(12-20(27)28)16-6-4-8-18(26)23(16)21/h9-11,21H,3-8,12H2,1-2H3,(H,27,28). The summed E-state index contributed by atoms with van der Waals surface area (Å²) < 4.78 is 10.9. The number of benzene rings is 1. The van der Waals surface area contributed by atoms with E-state index in [4.69, 9.17) is 9.47 Å². The summed E-state index contributed by atoms with van der Waals surface area (Å²) >= 11 is 0. The molecule has 0 amide bonds. The first-order valence-electron chi connectivity index (χ1n) is 10.2. The number of ketones is 2. The normalized spacial score (nSPS) is 19.6. The lowest BCUT2D eigenvalue weighted by Gasteiger charge is -2.43. The Hall–Kier alpha value is -3.09. The number of carbonyl (C=O) groups excluding carboxylic acids is 2. The second kappa shape index (κ2) is 7.97. The van der Waals surface area contributed by atoms with Crippen LogP contribution in [0.25, 0.3) is 0 Å². The molecule has 0 unspecified atom stereocenters. The van der Waals surface area contributed by atoms with E-state index >= 15 is 0 Å². The molecule has 1 aromatic rings. The molecule has 7 nitrogen and oxygen atoms in total.